The van der Waals surface area contributed by atoms with Gasteiger partial charge in [-0.25, -0.2) is 0 Å². The van der Waals surface area contributed by atoms with Crippen molar-refractivity contribution in [3.63, 3.8) is 0 Å². The molecule has 2 aliphatic rings. The zero-order chi connectivity index (χ0) is 12.5. The van der Waals surface area contributed by atoms with Crippen LogP contribution in [-0.2, 0) is 9.59 Å². The first-order valence-corrected chi connectivity index (χ1v) is 6.97. The molecule has 2 saturated heterocycles. The Morgan fingerprint density at radius 3 is 2.79 bits per heavy atom. The van der Waals surface area contributed by atoms with Crippen LogP contribution < -0.4 is 10.6 Å². The standard InChI is InChI=1S/C12H15N3O2S.ClH/c16-11-10(9-2-1-5-18-9)15(4-3-14-11)12(17)8-6-13-7-8;/h1-2,5,8,10,13H,3-4,6-7H2,(H,14,16);1H. The molecule has 19 heavy (non-hydrogen) atoms. The average molecular weight is 302 g/mol. The molecule has 1 unspecified atom stereocenters. The van der Waals surface area contributed by atoms with Crippen LogP contribution in [0, 0.1) is 5.92 Å². The zero-order valence-corrected chi connectivity index (χ0v) is 11.9. The lowest BCUT2D eigenvalue weighted by Gasteiger charge is -2.39. The third-order valence-corrected chi connectivity index (χ3v) is 4.36. The van der Waals surface area contributed by atoms with Crippen molar-refractivity contribution in [2.24, 2.45) is 5.92 Å². The van der Waals surface area contributed by atoms with E-state index >= 15 is 0 Å². The van der Waals surface area contributed by atoms with Gasteiger partial charge in [0.25, 0.3) is 0 Å². The van der Waals surface area contributed by atoms with E-state index < -0.39 is 6.04 Å². The molecule has 0 spiro atoms. The van der Waals surface area contributed by atoms with Gasteiger partial charge < -0.3 is 15.5 Å². The molecule has 1 aromatic rings. The third-order valence-electron chi connectivity index (χ3n) is 3.44. The van der Waals surface area contributed by atoms with Gasteiger partial charge in [0.2, 0.25) is 11.8 Å². The quantitative estimate of drug-likeness (QED) is 0.831. The van der Waals surface area contributed by atoms with Crippen LogP contribution in [0.2, 0.25) is 0 Å². The Hall–Kier alpha value is -1.11. The number of rotatable bonds is 2. The first kappa shape index (κ1) is 14.3. The van der Waals surface area contributed by atoms with Gasteiger partial charge in [0.15, 0.2) is 0 Å². The van der Waals surface area contributed by atoms with Gasteiger partial charge in [-0.1, -0.05) is 6.07 Å². The molecule has 1 atom stereocenters. The number of thiophene rings is 1. The monoisotopic (exact) mass is 301 g/mol. The Labute approximate surface area is 121 Å². The van der Waals surface area contributed by atoms with Crippen molar-refractivity contribution in [3.8, 4) is 0 Å². The molecule has 104 valence electrons. The van der Waals surface area contributed by atoms with E-state index in [1.165, 1.54) is 11.3 Å². The minimum absolute atomic E-state index is 0. The average Bonchev–Trinajstić information content (AvgIpc) is 2.79. The molecule has 7 heteroatoms. The fourth-order valence-corrected chi connectivity index (χ4v) is 3.17. The largest absolute Gasteiger partial charge is 0.352 e. The molecule has 0 bridgehead atoms. The van der Waals surface area contributed by atoms with E-state index in [9.17, 15) is 9.59 Å². The highest BCUT2D eigenvalue weighted by molar-refractivity contribution is 7.10. The summed E-state index contributed by atoms with van der Waals surface area (Å²) in [6.07, 6.45) is 0. The Bertz CT molecular complexity index is 462. The number of halogens is 1. The van der Waals surface area contributed by atoms with Crippen LogP contribution in [0.4, 0.5) is 0 Å². The predicted octanol–water partition coefficient (Wildman–Crippen LogP) is 0.389. The molecule has 5 nitrogen and oxygen atoms in total. The van der Waals surface area contributed by atoms with Crippen molar-refractivity contribution in [2.45, 2.75) is 6.04 Å². The molecule has 2 amide bonds. The second kappa shape index (κ2) is 5.90. The number of carbonyl (C=O) groups is 2. The van der Waals surface area contributed by atoms with E-state index in [1.807, 2.05) is 17.5 Å². The van der Waals surface area contributed by atoms with Crippen molar-refractivity contribution in [1.82, 2.24) is 15.5 Å². The normalized spacial score (nSPS) is 23.3. The van der Waals surface area contributed by atoms with Crippen LogP contribution in [-0.4, -0.2) is 42.9 Å². The number of piperazine rings is 1. The van der Waals surface area contributed by atoms with Gasteiger partial charge in [0.05, 0.1) is 5.92 Å². The minimum atomic E-state index is -0.438. The fourth-order valence-electron chi connectivity index (χ4n) is 2.33. The number of hydrogen-bond donors (Lipinski definition) is 2. The van der Waals surface area contributed by atoms with E-state index in [4.69, 9.17) is 0 Å². The maximum atomic E-state index is 12.3. The number of hydrogen-bond acceptors (Lipinski definition) is 4. The third kappa shape index (κ3) is 2.61. The molecule has 0 saturated carbocycles. The van der Waals surface area contributed by atoms with Crippen molar-refractivity contribution in [3.05, 3.63) is 22.4 Å². The molecule has 0 radical (unpaired) electrons. The molecule has 3 rings (SSSR count). The first-order chi connectivity index (χ1) is 8.77. The second-order valence-electron chi connectivity index (χ2n) is 4.60. The Kier molecular flexibility index (Phi) is 4.44. The van der Waals surface area contributed by atoms with Crippen molar-refractivity contribution >= 4 is 35.6 Å². The number of carbonyl (C=O) groups excluding carboxylic acids is 2. The Balaban J connectivity index is 0.00000133. The van der Waals surface area contributed by atoms with Gasteiger partial charge >= 0.3 is 0 Å². The highest BCUT2D eigenvalue weighted by Gasteiger charge is 2.39. The SMILES string of the molecule is Cl.O=C1NCCN(C(=O)C2CNC2)C1c1cccs1. The van der Waals surface area contributed by atoms with Crippen LogP contribution in [0.15, 0.2) is 17.5 Å². The summed E-state index contributed by atoms with van der Waals surface area (Å²) in [4.78, 5) is 27.0. The lowest BCUT2D eigenvalue weighted by Crippen LogP contribution is -2.58. The van der Waals surface area contributed by atoms with Gasteiger partial charge in [-0.3, -0.25) is 9.59 Å². The van der Waals surface area contributed by atoms with E-state index in [-0.39, 0.29) is 30.1 Å². The van der Waals surface area contributed by atoms with E-state index in [0.29, 0.717) is 13.1 Å². The smallest absolute Gasteiger partial charge is 0.248 e. The molecular formula is C12H16ClN3O2S. The Morgan fingerprint density at radius 1 is 1.42 bits per heavy atom. The van der Waals surface area contributed by atoms with Gasteiger partial charge in [0.1, 0.15) is 6.04 Å². The van der Waals surface area contributed by atoms with Crippen LogP contribution in [0.5, 0.6) is 0 Å². The summed E-state index contributed by atoms with van der Waals surface area (Å²) in [5.74, 6) is 0.0738. The molecule has 0 aliphatic carbocycles. The fraction of sp³-hybridized carbons (Fsp3) is 0.500. The maximum absolute atomic E-state index is 12.3. The molecule has 2 fully saturated rings. The van der Waals surface area contributed by atoms with Crippen molar-refractivity contribution in [1.29, 1.82) is 0 Å². The minimum Gasteiger partial charge on any atom is -0.352 e. The highest BCUT2D eigenvalue weighted by atomic mass is 35.5. The summed E-state index contributed by atoms with van der Waals surface area (Å²) in [6, 6.07) is 3.39. The van der Waals surface area contributed by atoms with E-state index in [0.717, 1.165) is 18.0 Å². The number of nitrogens with one attached hydrogen (secondary N) is 2. The second-order valence-corrected chi connectivity index (χ2v) is 5.58. The van der Waals surface area contributed by atoms with Crippen LogP contribution in [0.3, 0.4) is 0 Å². The molecule has 0 aromatic carbocycles. The summed E-state index contributed by atoms with van der Waals surface area (Å²) >= 11 is 1.52. The molecule has 3 heterocycles. The summed E-state index contributed by atoms with van der Waals surface area (Å²) in [5.41, 5.74) is 0. The predicted molar refractivity (Wildman–Crippen MR) is 75.4 cm³/mol. The topological polar surface area (TPSA) is 61.4 Å². The lowest BCUT2D eigenvalue weighted by molar-refractivity contribution is -0.147. The van der Waals surface area contributed by atoms with Crippen LogP contribution in [0.25, 0.3) is 0 Å². The molecule has 1 aromatic heterocycles. The summed E-state index contributed by atoms with van der Waals surface area (Å²) in [5, 5.41) is 7.87. The van der Waals surface area contributed by atoms with Crippen LogP contribution >= 0.6 is 23.7 Å². The summed E-state index contributed by atoms with van der Waals surface area (Å²) in [7, 11) is 0. The molecular weight excluding hydrogens is 286 g/mol. The Morgan fingerprint density at radius 2 is 2.21 bits per heavy atom. The van der Waals surface area contributed by atoms with Gasteiger partial charge in [-0.15, -0.1) is 23.7 Å². The van der Waals surface area contributed by atoms with Crippen LogP contribution in [0.1, 0.15) is 10.9 Å². The molecule has 2 aliphatic heterocycles. The first-order valence-electron chi connectivity index (χ1n) is 6.09. The van der Waals surface area contributed by atoms with Gasteiger partial charge in [-0.2, -0.15) is 0 Å². The summed E-state index contributed by atoms with van der Waals surface area (Å²) in [6.45, 7) is 2.61. The van der Waals surface area contributed by atoms with E-state index in [2.05, 4.69) is 10.6 Å². The van der Waals surface area contributed by atoms with Crippen molar-refractivity contribution in [2.75, 3.05) is 26.2 Å². The lowest BCUT2D eigenvalue weighted by atomic mass is 9.99. The molecule has 2 N–H and O–H groups in total. The van der Waals surface area contributed by atoms with Gasteiger partial charge in [0, 0.05) is 31.1 Å². The number of amides is 2. The van der Waals surface area contributed by atoms with E-state index in [1.54, 1.807) is 4.90 Å². The number of nitrogens with zero attached hydrogens (tertiary/aromatic N) is 1. The van der Waals surface area contributed by atoms with Gasteiger partial charge in [-0.05, 0) is 11.4 Å². The highest BCUT2D eigenvalue weighted by Crippen LogP contribution is 2.28. The zero-order valence-electron chi connectivity index (χ0n) is 10.3. The van der Waals surface area contributed by atoms with Crippen molar-refractivity contribution < 1.29 is 9.59 Å². The maximum Gasteiger partial charge on any atom is 0.248 e. The summed E-state index contributed by atoms with van der Waals surface area (Å²) < 4.78 is 0.